The van der Waals surface area contributed by atoms with Gasteiger partial charge in [0.05, 0.1) is 4.88 Å². The van der Waals surface area contributed by atoms with E-state index in [0.717, 1.165) is 58.1 Å². The fraction of sp³-hybridized carbons (Fsp3) is 0.136. The Labute approximate surface area is 171 Å². The third-order valence-corrected chi connectivity index (χ3v) is 6.39. The molecule has 6 nitrogen and oxygen atoms in total. The normalized spacial score (nSPS) is 13.9. The van der Waals surface area contributed by atoms with Gasteiger partial charge in [-0.1, -0.05) is 36.4 Å². The quantitative estimate of drug-likeness (QED) is 0.452. The van der Waals surface area contributed by atoms with E-state index < -0.39 is 0 Å². The molecule has 0 amide bonds. The molecule has 1 aliphatic heterocycles. The Balaban J connectivity index is 1.56. The summed E-state index contributed by atoms with van der Waals surface area (Å²) in [6, 6.07) is 18.6. The summed E-state index contributed by atoms with van der Waals surface area (Å²) < 4.78 is 1.89. The molecule has 7 heteroatoms. The van der Waals surface area contributed by atoms with Gasteiger partial charge in [0.2, 0.25) is 0 Å². The van der Waals surface area contributed by atoms with Gasteiger partial charge in [-0.2, -0.15) is 4.52 Å². The molecule has 142 valence electrons. The van der Waals surface area contributed by atoms with E-state index in [4.69, 9.17) is 10.8 Å². The van der Waals surface area contributed by atoms with Crippen molar-refractivity contribution in [1.82, 2.24) is 19.8 Å². The summed E-state index contributed by atoms with van der Waals surface area (Å²) in [4.78, 5) is 3.39. The van der Waals surface area contributed by atoms with Crippen LogP contribution in [-0.2, 0) is 13.0 Å². The van der Waals surface area contributed by atoms with Crippen LogP contribution in [0, 0.1) is 0 Å². The van der Waals surface area contributed by atoms with Crippen LogP contribution in [0.1, 0.15) is 11.1 Å². The third-order valence-electron chi connectivity index (χ3n) is 5.53. The minimum absolute atomic E-state index is 0.781. The molecule has 0 bridgehead atoms. The van der Waals surface area contributed by atoms with Crippen LogP contribution < -0.4 is 10.6 Å². The molecule has 4 heterocycles. The predicted octanol–water partition coefficient (Wildman–Crippen LogP) is 4.15. The predicted molar refractivity (Wildman–Crippen MR) is 117 cm³/mol. The van der Waals surface area contributed by atoms with Gasteiger partial charge in [0, 0.05) is 29.5 Å². The van der Waals surface area contributed by atoms with Gasteiger partial charge in [-0.15, -0.1) is 26.6 Å². The van der Waals surface area contributed by atoms with E-state index in [1.54, 1.807) is 11.3 Å². The van der Waals surface area contributed by atoms with Gasteiger partial charge < -0.3 is 10.6 Å². The Morgan fingerprint density at radius 3 is 2.69 bits per heavy atom. The van der Waals surface area contributed by atoms with Crippen molar-refractivity contribution in [1.29, 1.82) is 0 Å². The lowest BCUT2D eigenvalue weighted by Gasteiger charge is -2.30. The SMILES string of the molecule is Nc1ccc2c(c1)CN(c1nn3c(-c4cccs4)nnc3c3ccccc13)CC2. The molecule has 0 spiro atoms. The molecule has 5 aromatic rings. The minimum atomic E-state index is 0.781. The van der Waals surface area contributed by atoms with Gasteiger partial charge >= 0.3 is 0 Å². The van der Waals surface area contributed by atoms with E-state index in [1.807, 2.05) is 28.1 Å². The number of anilines is 2. The van der Waals surface area contributed by atoms with Gasteiger partial charge in [0.1, 0.15) is 0 Å². The summed E-state index contributed by atoms with van der Waals surface area (Å²) in [5.41, 5.74) is 10.3. The lowest BCUT2D eigenvalue weighted by atomic mass is 9.99. The maximum absolute atomic E-state index is 6.04. The van der Waals surface area contributed by atoms with Crippen LogP contribution in [-0.4, -0.2) is 26.4 Å². The van der Waals surface area contributed by atoms with Gasteiger partial charge in [0.15, 0.2) is 17.3 Å². The molecular weight excluding hydrogens is 380 g/mol. The smallest absolute Gasteiger partial charge is 0.195 e. The minimum Gasteiger partial charge on any atom is -0.399 e. The number of benzene rings is 2. The van der Waals surface area contributed by atoms with E-state index in [1.165, 1.54) is 11.1 Å². The summed E-state index contributed by atoms with van der Waals surface area (Å²) in [6.45, 7) is 1.70. The summed E-state index contributed by atoms with van der Waals surface area (Å²) >= 11 is 1.64. The highest BCUT2D eigenvalue weighted by atomic mass is 32.1. The largest absolute Gasteiger partial charge is 0.399 e. The van der Waals surface area contributed by atoms with Crippen molar-refractivity contribution in [3.63, 3.8) is 0 Å². The van der Waals surface area contributed by atoms with Crippen LogP contribution in [0.4, 0.5) is 11.5 Å². The van der Waals surface area contributed by atoms with Crippen molar-refractivity contribution in [3.05, 3.63) is 71.1 Å². The van der Waals surface area contributed by atoms with Crippen molar-refractivity contribution in [2.24, 2.45) is 0 Å². The maximum Gasteiger partial charge on any atom is 0.195 e. The number of nitrogens with two attached hydrogens (primary N) is 1. The lowest BCUT2D eigenvalue weighted by molar-refractivity contribution is 0.713. The van der Waals surface area contributed by atoms with Crippen LogP contribution in [0.5, 0.6) is 0 Å². The van der Waals surface area contributed by atoms with Crippen molar-refractivity contribution >= 4 is 39.3 Å². The second kappa shape index (κ2) is 6.28. The lowest BCUT2D eigenvalue weighted by Crippen LogP contribution is -2.31. The Morgan fingerprint density at radius 1 is 0.931 bits per heavy atom. The highest BCUT2D eigenvalue weighted by Crippen LogP contribution is 2.33. The first-order chi connectivity index (χ1) is 14.3. The molecule has 0 aliphatic carbocycles. The standard InChI is InChI=1S/C22H18N6S/c23-16-8-7-14-9-10-27(13-15(14)12-16)21-18-5-2-1-4-17(18)20-24-25-22(28(20)26-21)19-6-3-11-29-19/h1-8,11-12H,9-10,13,23H2. The Hall–Kier alpha value is -3.45. The Morgan fingerprint density at radius 2 is 1.83 bits per heavy atom. The zero-order chi connectivity index (χ0) is 19.4. The number of nitrogen functional groups attached to an aromatic ring is 1. The summed E-state index contributed by atoms with van der Waals surface area (Å²) in [6.07, 6.45) is 0.976. The number of thiophene rings is 1. The summed E-state index contributed by atoms with van der Waals surface area (Å²) in [5.74, 6) is 1.74. The summed E-state index contributed by atoms with van der Waals surface area (Å²) in [7, 11) is 0. The van der Waals surface area contributed by atoms with Gasteiger partial charge in [0.25, 0.3) is 0 Å². The van der Waals surface area contributed by atoms with Crippen LogP contribution in [0.25, 0.3) is 27.1 Å². The van der Waals surface area contributed by atoms with E-state index in [-0.39, 0.29) is 0 Å². The first kappa shape index (κ1) is 16.5. The summed E-state index contributed by atoms with van der Waals surface area (Å²) in [5, 5.41) is 18.1. The molecule has 0 saturated heterocycles. The second-order valence-electron chi connectivity index (χ2n) is 7.31. The van der Waals surface area contributed by atoms with Crippen molar-refractivity contribution in [2.75, 3.05) is 17.2 Å². The third kappa shape index (κ3) is 2.58. The molecule has 0 atom stereocenters. The topological polar surface area (TPSA) is 72.3 Å². The average molecular weight is 398 g/mol. The first-order valence-corrected chi connectivity index (χ1v) is 10.5. The molecule has 29 heavy (non-hydrogen) atoms. The first-order valence-electron chi connectivity index (χ1n) is 9.58. The highest BCUT2D eigenvalue weighted by Gasteiger charge is 2.22. The van der Waals surface area contributed by atoms with Crippen LogP contribution in [0.3, 0.4) is 0 Å². The fourth-order valence-corrected chi connectivity index (χ4v) is 4.81. The monoisotopic (exact) mass is 398 g/mol. The van der Waals surface area contributed by atoms with Crippen molar-refractivity contribution in [3.8, 4) is 10.7 Å². The average Bonchev–Trinajstić information content (AvgIpc) is 3.42. The zero-order valence-electron chi connectivity index (χ0n) is 15.6. The maximum atomic E-state index is 6.04. The number of hydrogen-bond donors (Lipinski definition) is 1. The van der Waals surface area contributed by atoms with Crippen molar-refractivity contribution in [2.45, 2.75) is 13.0 Å². The van der Waals surface area contributed by atoms with Crippen molar-refractivity contribution < 1.29 is 0 Å². The van der Waals surface area contributed by atoms with Crippen LogP contribution >= 0.6 is 11.3 Å². The van der Waals surface area contributed by atoms with Gasteiger partial charge in [-0.3, -0.25) is 0 Å². The molecule has 2 N–H and O–H groups in total. The fourth-order valence-electron chi connectivity index (χ4n) is 4.11. The molecule has 6 rings (SSSR count). The zero-order valence-corrected chi connectivity index (χ0v) is 16.4. The molecule has 3 aromatic heterocycles. The number of rotatable bonds is 2. The van der Waals surface area contributed by atoms with Crippen LogP contribution in [0.2, 0.25) is 0 Å². The van der Waals surface area contributed by atoms with E-state index in [9.17, 15) is 0 Å². The molecule has 0 saturated carbocycles. The van der Waals surface area contributed by atoms with E-state index in [0.29, 0.717) is 0 Å². The van der Waals surface area contributed by atoms with Crippen LogP contribution in [0.15, 0.2) is 60.0 Å². The number of hydrogen-bond acceptors (Lipinski definition) is 6. The molecule has 1 aliphatic rings. The van der Waals surface area contributed by atoms with E-state index in [2.05, 4.69) is 51.5 Å². The number of fused-ring (bicyclic) bond motifs is 4. The highest BCUT2D eigenvalue weighted by molar-refractivity contribution is 7.13. The Kier molecular flexibility index (Phi) is 3.57. The number of nitrogens with zero attached hydrogens (tertiary/aromatic N) is 5. The van der Waals surface area contributed by atoms with Gasteiger partial charge in [-0.25, -0.2) is 0 Å². The second-order valence-corrected chi connectivity index (χ2v) is 8.25. The number of aromatic nitrogens is 4. The molecule has 2 aromatic carbocycles. The molecular formula is C22H18N6S. The molecule has 0 unspecified atom stereocenters. The van der Waals surface area contributed by atoms with Gasteiger partial charge in [-0.05, 0) is 41.1 Å². The molecule has 0 radical (unpaired) electrons. The molecule has 0 fully saturated rings. The van der Waals surface area contributed by atoms with E-state index >= 15 is 0 Å². The Bertz CT molecular complexity index is 1360.